The maximum atomic E-state index is 12.0. The molecule has 0 saturated heterocycles. The van der Waals surface area contributed by atoms with E-state index in [4.69, 9.17) is 14.2 Å². The second kappa shape index (κ2) is 6.55. The first-order valence-electron chi connectivity index (χ1n) is 6.20. The Morgan fingerprint density at radius 2 is 1.89 bits per heavy atom. The van der Waals surface area contributed by atoms with E-state index in [9.17, 15) is 9.59 Å². The van der Waals surface area contributed by atoms with Crippen molar-refractivity contribution in [1.82, 2.24) is 0 Å². The summed E-state index contributed by atoms with van der Waals surface area (Å²) in [4.78, 5) is 24.0. The number of rotatable bonds is 5. The van der Waals surface area contributed by atoms with Crippen LogP contribution in [0, 0.1) is 11.3 Å². The molecule has 1 rings (SSSR count). The molecule has 0 bridgehead atoms. The monoisotopic (exact) mass is 268 g/mol. The highest BCUT2D eigenvalue weighted by Gasteiger charge is 2.57. The van der Waals surface area contributed by atoms with Crippen molar-refractivity contribution < 1.29 is 23.8 Å². The smallest absolute Gasteiger partial charge is 0.323 e. The maximum absolute atomic E-state index is 12.0. The second-order valence-corrected chi connectivity index (χ2v) is 4.50. The Morgan fingerprint density at radius 3 is 2.32 bits per heavy atom. The molecule has 0 aromatic heterocycles. The molecule has 0 aromatic rings. The molecule has 0 amide bonds. The molecule has 5 heteroatoms. The lowest BCUT2D eigenvalue weighted by Crippen LogP contribution is -2.39. The third kappa shape index (κ3) is 2.88. The number of carbonyl (C=O) groups excluding carboxylic acids is 2. The Labute approximate surface area is 113 Å². The van der Waals surface area contributed by atoms with Crippen LogP contribution in [0.15, 0.2) is 18.4 Å². The van der Waals surface area contributed by atoms with Gasteiger partial charge in [0.15, 0.2) is 5.41 Å². The van der Waals surface area contributed by atoms with Crippen LogP contribution in [-0.2, 0) is 23.8 Å². The molecule has 1 fully saturated rings. The highest BCUT2D eigenvalue weighted by atomic mass is 16.5. The van der Waals surface area contributed by atoms with Gasteiger partial charge in [-0.1, -0.05) is 6.58 Å². The van der Waals surface area contributed by atoms with Gasteiger partial charge in [-0.25, -0.2) is 0 Å². The van der Waals surface area contributed by atoms with Crippen LogP contribution in [0.3, 0.4) is 0 Å². The third-order valence-electron chi connectivity index (χ3n) is 3.48. The van der Waals surface area contributed by atoms with Crippen LogP contribution in [0.5, 0.6) is 0 Å². The SMILES string of the molecule is C=C=CC1CC(C(=O)OC)(C(=O)OC)CC1OCC. The summed E-state index contributed by atoms with van der Waals surface area (Å²) in [6, 6.07) is 0. The molecule has 0 heterocycles. The van der Waals surface area contributed by atoms with E-state index in [0.29, 0.717) is 13.0 Å². The molecule has 0 aliphatic heterocycles. The fourth-order valence-electron chi connectivity index (χ4n) is 2.63. The van der Waals surface area contributed by atoms with Crippen molar-refractivity contribution in [3.63, 3.8) is 0 Å². The van der Waals surface area contributed by atoms with Gasteiger partial charge in [-0.05, 0) is 19.4 Å². The van der Waals surface area contributed by atoms with Gasteiger partial charge in [0.05, 0.1) is 20.3 Å². The molecule has 1 aliphatic rings. The fourth-order valence-corrected chi connectivity index (χ4v) is 2.63. The van der Waals surface area contributed by atoms with Gasteiger partial charge in [0, 0.05) is 18.9 Å². The van der Waals surface area contributed by atoms with E-state index in [1.54, 1.807) is 6.08 Å². The van der Waals surface area contributed by atoms with Gasteiger partial charge in [0.25, 0.3) is 0 Å². The maximum Gasteiger partial charge on any atom is 0.323 e. The molecule has 0 spiro atoms. The summed E-state index contributed by atoms with van der Waals surface area (Å²) in [5.74, 6) is -1.26. The summed E-state index contributed by atoms with van der Waals surface area (Å²) in [6.45, 7) is 5.90. The Morgan fingerprint density at radius 1 is 1.32 bits per heavy atom. The Bertz CT molecular complexity index is 379. The lowest BCUT2D eigenvalue weighted by atomic mass is 9.85. The summed E-state index contributed by atoms with van der Waals surface area (Å²) in [6.07, 6.45) is 2.04. The largest absolute Gasteiger partial charge is 0.468 e. The summed E-state index contributed by atoms with van der Waals surface area (Å²) in [7, 11) is 2.53. The third-order valence-corrected chi connectivity index (χ3v) is 3.48. The molecule has 19 heavy (non-hydrogen) atoms. The molecular formula is C14H20O5. The van der Waals surface area contributed by atoms with E-state index in [0.717, 1.165) is 0 Å². The van der Waals surface area contributed by atoms with Gasteiger partial charge in [0.2, 0.25) is 0 Å². The highest BCUT2D eigenvalue weighted by Crippen LogP contribution is 2.45. The first-order valence-corrected chi connectivity index (χ1v) is 6.20. The molecule has 2 atom stereocenters. The van der Waals surface area contributed by atoms with Crippen molar-refractivity contribution in [3.8, 4) is 0 Å². The predicted octanol–water partition coefficient (Wildman–Crippen LogP) is 1.47. The summed E-state index contributed by atoms with van der Waals surface area (Å²) in [5.41, 5.74) is 1.40. The lowest BCUT2D eigenvalue weighted by Gasteiger charge is -2.22. The molecular weight excluding hydrogens is 248 g/mol. The number of methoxy groups -OCH3 is 2. The first-order chi connectivity index (χ1) is 9.05. The zero-order valence-corrected chi connectivity index (χ0v) is 11.6. The Balaban J connectivity index is 3.10. The number of hydrogen-bond acceptors (Lipinski definition) is 5. The zero-order valence-electron chi connectivity index (χ0n) is 11.6. The molecule has 0 aromatic carbocycles. The topological polar surface area (TPSA) is 61.8 Å². The van der Waals surface area contributed by atoms with E-state index < -0.39 is 17.4 Å². The van der Waals surface area contributed by atoms with Crippen molar-refractivity contribution in [1.29, 1.82) is 0 Å². The van der Waals surface area contributed by atoms with Crippen LogP contribution in [0.2, 0.25) is 0 Å². The van der Waals surface area contributed by atoms with Crippen LogP contribution in [0.1, 0.15) is 19.8 Å². The van der Waals surface area contributed by atoms with Crippen LogP contribution in [-0.4, -0.2) is 38.9 Å². The Kier molecular flexibility index (Phi) is 5.33. The van der Waals surface area contributed by atoms with Crippen molar-refractivity contribution in [2.24, 2.45) is 11.3 Å². The lowest BCUT2D eigenvalue weighted by molar-refractivity contribution is -0.169. The quantitative estimate of drug-likeness (QED) is 0.429. The number of ether oxygens (including phenoxy) is 3. The van der Waals surface area contributed by atoms with Gasteiger partial charge in [-0.3, -0.25) is 9.59 Å². The number of hydrogen-bond donors (Lipinski definition) is 0. The van der Waals surface area contributed by atoms with Crippen LogP contribution in [0.4, 0.5) is 0 Å². The van der Waals surface area contributed by atoms with E-state index in [2.05, 4.69) is 12.3 Å². The number of carbonyl (C=O) groups is 2. The van der Waals surface area contributed by atoms with Gasteiger partial charge >= 0.3 is 11.9 Å². The average molecular weight is 268 g/mol. The minimum absolute atomic E-state index is 0.101. The normalized spacial score (nSPS) is 24.4. The van der Waals surface area contributed by atoms with Gasteiger partial charge < -0.3 is 14.2 Å². The molecule has 2 unspecified atom stereocenters. The summed E-state index contributed by atoms with van der Waals surface area (Å²) >= 11 is 0. The molecule has 1 aliphatic carbocycles. The highest BCUT2D eigenvalue weighted by molar-refractivity contribution is 6.00. The molecule has 5 nitrogen and oxygen atoms in total. The van der Waals surface area contributed by atoms with E-state index in [1.165, 1.54) is 14.2 Å². The second-order valence-electron chi connectivity index (χ2n) is 4.50. The van der Waals surface area contributed by atoms with Crippen molar-refractivity contribution in [3.05, 3.63) is 18.4 Å². The summed E-state index contributed by atoms with van der Waals surface area (Å²) < 4.78 is 15.1. The zero-order chi connectivity index (χ0) is 14.5. The van der Waals surface area contributed by atoms with E-state index in [-0.39, 0.29) is 18.4 Å². The van der Waals surface area contributed by atoms with Gasteiger partial charge in [0.1, 0.15) is 0 Å². The van der Waals surface area contributed by atoms with Crippen molar-refractivity contribution in [2.45, 2.75) is 25.9 Å². The summed E-state index contributed by atoms with van der Waals surface area (Å²) in [5, 5.41) is 0. The Hall–Kier alpha value is -1.58. The first kappa shape index (κ1) is 15.5. The van der Waals surface area contributed by atoms with Crippen LogP contribution in [0.25, 0.3) is 0 Å². The standard InChI is InChI=1S/C14H20O5/c1-5-7-10-8-14(12(15)17-3,13(16)18-4)9-11(10)19-6-2/h7,10-11H,1,6,8-9H2,2-4H3. The van der Waals surface area contributed by atoms with E-state index >= 15 is 0 Å². The molecule has 1 saturated carbocycles. The van der Waals surface area contributed by atoms with Crippen molar-refractivity contribution in [2.75, 3.05) is 20.8 Å². The van der Waals surface area contributed by atoms with E-state index in [1.807, 2.05) is 6.92 Å². The molecule has 0 radical (unpaired) electrons. The fraction of sp³-hybridized carbons (Fsp3) is 0.643. The van der Waals surface area contributed by atoms with Crippen molar-refractivity contribution >= 4 is 11.9 Å². The van der Waals surface area contributed by atoms with Gasteiger partial charge in [-0.2, -0.15) is 0 Å². The molecule has 106 valence electrons. The van der Waals surface area contributed by atoms with Crippen LogP contribution >= 0.6 is 0 Å². The number of esters is 2. The molecule has 0 N–H and O–H groups in total. The predicted molar refractivity (Wildman–Crippen MR) is 68.3 cm³/mol. The van der Waals surface area contributed by atoms with Crippen LogP contribution < -0.4 is 0 Å². The van der Waals surface area contributed by atoms with Gasteiger partial charge in [-0.15, -0.1) is 5.73 Å². The minimum atomic E-state index is -1.29. The minimum Gasteiger partial charge on any atom is -0.468 e. The average Bonchev–Trinajstić information content (AvgIpc) is 2.78.